The van der Waals surface area contributed by atoms with Crippen molar-refractivity contribution in [3.8, 4) is 0 Å². The molecule has 0 saturated carbocycles. The Kier molecular flexibility index (Phi) is 5.07. The molecular weight excluding hydrogens is 289 g/mol. The molecule has 100 valence electrons. The zero-order chi connectivity index (χ0) is 13.9. The van der Waals surface area contributed by atoms with Crippen LogP contribution in [0.1, 0.15) is 23.4 Å². The SMILES string of the molecule is CC(=O)C(Cl)c1c(CO)cccc1SC(F)(F)F. The normalized spacial score (nSPS) is 13.4. The van der Waals surface area contributed by atoms with Gasteiger partial charge in [0.15, 0.2) is 5.78 Å². The van der Waals surface area contributed by atoms with Gasteiger partial charge in [-0.25, -0.2) is 0 Å². The van der Waals surface area contributed by atoms with Crippen molar-refractivity contribution >= 4 is 29.1 Å². The van der Waals surface area contributed by atoms with Crippen LogP contribution >= 0.6 is 23.4 Å². The molecule has 18 heavy (non-hydrogen) atoms. The quantitative estimate of drug-likeness (QED) is 0.681. The number of aliphatic hydroxyl groups excluding tert-OH is 1. The van der Waals surface area contributed by atoms with Gasteiger partial charge >= 0.3 is 5.51 Å². The summed E-state index contributed by atoms with van der Waals surface area (Å²) in [7, 11) is 0. The molecule has 0 aliphatic rings. The number of Topliss-reactive ketones (excluding diaryl/α,β-unsaturated/α-hetero) is 1. The predicted molar refractivity (Wildman–Crippen MR) is 63.6 cm³/mol. The van der Waals surface area contributed by atoms with E-state index in [0.717, 1.165) is 0 Å². The molecule has 2 nitrogen and oxygen atoms in total. The van der Waals surface area contributed by atoms with Gasteiger partial charge in [-0.3, -0.25) is 4.79 Å². The summed E-state index contributed by atoms with van der Waals surface area (Å²) in [5.74, 6) is -0.471. The van der Waals surface area contributed by atoms with Gasteiger partial charge < -0.3 is 5.11 Å². The number of aliphatic hydroxyl groups is 1. The highest BCUT2D eigenvalue weighted by Crippen LogP contribution is 2.42. The van der Waals surface area contributed by atoms with Crippen molar-refractivity contribution in [1.29, 1.82) is 0 Å². The third-order valence-electron chi connectivity index (χ3n) is 2.16. The number of rotatable bonds is 4. The maximum Gasteiger partial charge on any atom is 0.446 e. The van der Waals surface area contributed by atoms with Crippen molar-refractivity contribution < 1.29 is 23.1 Å². The number of carbonyl (C=O) groups excluding carboxylic acids is 1. The summed E-state index contributed by atoms with van der Waals surface area (Å²) in [4.78, 5) is 11.1. The fourth-order valence-corrected chi connectivity index (χ4v) is 2.51. The van der Waals surface area contributed by atoms with E-state index in [2.05, 4.69) is 0 Å². The highest BCUT2D eigenvalue weighted by atomic mass is 35.5. The van der Waals surface area contributed by atoms with Crippen LogP contribution in [0.15, 0.2) is 23.1 Å². The summed E-state index contributed by atoms with van der Waals surface area (Å²) in [6.45, 7) is 0.714. The Bertz CT molecular complexity index is 448. The van der Waals surface area contributed by atoms with Gasteiger partial charge in [0.25, 0.3) is 0 Å². The van der Waals surface area contributed by atoms with Gasteiger partial charge in [0.05, 0.1) is 6.61 Å². The molecular formula is C11H10ClF3O2S. The molecule has 0 heterocycles. The first-order valence-electron chi connectivity index (χ1n) is 4.89. The van der Waals surface area contributed by atoms with Crippen molar-refractivity contribution in [3.63, 3.8) is 0 Å². The van der Waals surface area contributed by atoms with E-state index in [9.17, 15) is 18.0 Å². The van der Waals surface area contributed by atoms with Crippen molar-refractivity contribution in [2.75, 3.05) is 0 Å². The Morgan fingerprint density at radius 1 is 1.50 bits per heavy atom. The minimum Gasteiger partial charge on any atom is -0.392 e. The smallest absolute Gasteiger partial charge is 0.392 e. The highest BCUT2D eigenvalue weighted by molar-refractivity contribution is 8.00. The van der Waals surface area contributed by atoms with E-state index in [1.165, 1.54) is 25.1 Å². The molecule has 0 aromatic heterocycles. The number of ketones is 1. The fourth-order valence-electron chi connectivity index (χ4n) is 1.43. The van der Waals surface area contributed by atoms with E-state index in [0.29, 0.717) is 0 Å². The van der Waals surface area contributed by atoms with Gasteiger partial charge in [0.2, 0.25) is 0 Å². The summed E-state index contributed by atoms with van der Waals surface area (Å²) < 4.78 is 37.2. The van der Waals surface area contributed by atoms with Crippen molar-refractivity contribution in [3.05, 3.63) is 29.3 Å². The van der Waals surface area contributed by atoms with Gasteiger partial charge in [-0.05, 0) is 35.9 Å². The Morgan fingerprint density at radius 3 is 2.56 bits per heavy atom. The van der Waals surface area contributed by atoms with E-state index < -0.39 is 23.3 Å². The van der Waals surface area contributed by atoms with Crippen LogP contribution in [-0.4, -0.2) is 16.4 Å². The standard InChI is InChI=1S/C11H10ClF3O2S/c1-6(17)10(12)9-7(5-16)3-2-4-8(9)18-11(13,14)15/h2-4,10,16H,5H2,1H3. The maximum absolute atomic E-state index is 12.4. The Morgan fingerprint density at radius 2 is 2.11 bits per heavy atom. The maximum atomic E-state index is 12.4. The Balaban J connectivity index is 3.29. The van der Waals surface area contributed by atoms with Crippen molar-refractivity contribution in [2.45, 2.75) is 29.3 Å². The first kappa shape index (κ1) is 15.3. The fraction of sp³-hybridized carbons (Fsp3) is 0.364. The Hall–Kier alpha value is -0.720. The summed E-state index contributed by atoms with van der Waals surface area (Å²) in [6, 6.07) is 4.05. The second-order valence-electron chi connectivity index (χ2n) is 3.51. The summed E-state index contributed by atoms with van der Waals surface area (Å²) in [6.07, 6.45) is 0. The highest BCUT2D eigenvalue weighted by Gasteiger charge is 2.32. The molecule has 0 saturated heterocycles. The predicted octanol–water partition coefficient (Wildman–Crippen LogP) is 3.66. The molecule has 1 unspecified atom stereocenters. The van der Waals surface area contributed by atoms with Gasteiger partial charge in [-0.15, -0.1) is 11.6 Å². The van der Waals surface area contributed by atoms with Crippen molar-refractivity contribution in [1.82, 2.24) is 0 Å². The average Bonchev–Trinajstić information content (AvgIpc) is 2.25. The topological polar surface area (TPSA) is 37.3 Å². The molecule has 7 heteroatoms. The van der Waals surface area contributed by atoms with E-state index in [1.54, 1.807) is 0 Å². The number of hydrogen-bond donors (Lipinski definition) is 1. The molecule has 1 N–H and O–H groups in total. The van der Waals surface area contributed by atoms with Gasteiger partial charge in [-0.1, -0.05) is 12.1 Å². The van der Waals surface area contributed by atoms with Crippen LogP contribution in [0, 0.1) is 0 Å². The third-order valence-corrected chi connectivity index (χ3v) is 3.50. The van der Waals surface area contributed by atoms with Gasteiger partial charge in [0, 0.05) is 4.90 Å². The van der Waals surface area contributed by atoms with Crippen LogP contribution in [-0.2, 0) is 11.4 Å². The lowest BCUT2D eigenvalue weighted by Crippen LogP contribution is -2.09. The number of carbonyl (C=O) groups is 1. The summed E-state index contributed by atoms with van der Waals surface area (Å²) in [5, 5.41) is 7.92. The van der Waals surface area contributed by atoms with Crippen molar-refractivity contribution in [2.24, 2.45) is 0 Å². The number of alkyl halides is 4. The molecule has 0 aliphatic heterocycles. The lowest BCUT2D eigenvalue weighted by molar-refractivity contribution is -0.116. The molecule has 0 amide bonds. The number of hydrogen-bond acceptors (Lipinski definition) is 3. The molecule has 0 bridgehead atoms. The molecule has 1 aromatic rings. The molecule has 1 aromatic carbocycles. The number of benzene rings is 1. The van der Waals surface area contributed by atoms with Gasteiger partial charge in [0.1, 0.15) is 5.38 Å². The van der Waals surface area contributed by atoms with E-state index in [-0.39, 0.29) is 27.8 Å². The van der Waals surface area contributed by atoms with Crippen LogP contribution in [0.25, 0.3) is 0 Å². The average molecular weight is 299 g/mol. The minimum absolute atomic E-state index is 0.0245. The number of halogens is 4. The lowest BCUT2D eigenvalue weighted by atomic mass is 10.0. The molecule has 1 atom stereocenters. The molecule has 0 aliphatic carbocycles. The van der Waals surface area contributed by atoms with Crippen LogP contribution in [0.5, 0.6) is 0 Å². The Labute approximate surface area is 111 Å². The third kappa shape index (κ3) is 3.90. The summed E-state index contributed by atoms with van der Waals surface area (Å²) in [5.41, 5.74) is -4.23. The van der Waals surface area contributed by atoms with Crippen LogP contribution < -0.4 is 0 Å². The second kappa shape index (κ2) is 5.95. The molecule has 1 rings (SSSR count). The zero-order valence-electron chi connectivity index (χ0n) is 9.29. The van der Waals surface area contributed by atoms with Crippen LogP contribution in [0.3, 0.4) is 0 Å². The molecule has 0 spiro atoms. The van der Waals surface area contributed by atoms with E-state index in [1.807, 2.05) is 0 Å². The molecule has 0 fully saturated rings. The summed E-state index contributed by atoms with van der Waals surface area (Å²) >= 11 is 5.47. The first-order chi connectivity index (χ1) is 8.26. The van der Waals surface area contributed by atoms with E-state index >= 15 is 0 Å². The lowest BCUT2D eigenvalue weighted by Gasteiger charge is -2.17. The monoisotopic (exact) mass is 298 g/mol. The van der Waals surface area contributed by atoms with E-state index in [4.69, 9.17) is 16.7 Å². The van der Waals surface area contributed by atoms with Crippen LogP contribution in [0.2, 0.25) is 0 Å². The number of thioether (sulfide) groups is 1. The zero-order valence-corrected chi connectivity index (χ0v) is 10.9. The van der Waals surface area contributed by atoms with Gasteiger partial charge in [-0.2, -0.15) is 13.2 Å². The minimum atomic E-state index is -4.48. The molecule has 0 radical (unpaired) electrons. The second-order valence-corrected chi connectivity index (χ2v) is 5.05. The largest absolute Gasteiger partial charge is 0.446 e. The van der Waals surface area contributed by atoms with Crippen LogP contribution in [0.4, 0.5) is 13.2 Å². The first-order valence-corrected chi connectivity index (χ1v) is 6.14.